The first-order valence-corrected chi connectivity index (χ1v) is 2.16. The third-order valence-electron chi connectivity index (χ3n) is 0.295. The van der Waals surface area contributed by atoms with Crippen molar-refractivity contribution in [3.8, 4) is 0 Å². The maximum atomic E-state index is 10.5. The average Bonchev–Trinajstić information content (AvgIpc) is 1.80. The Labute approximate surface area is 59.1 Å². The van der Waals surface area contributed by atoms with E-state index in [-0.39, 0.29) is 0 Å². The second-order valence-corrected chi connectivity index (χ2v) is 2.15. The number of hydrogen-bond acceptors (Lipinski definition) is 1. The van der Waals surface area contributed by atoms with Gasteiger partial charge in [0.1, 0.15) is 4.32 Å². The van der Waals surface area contributed by atoms with E-state index >= 15 is 0 Å². The molecule has 0 unspecified atom stereocenters. The summed E-state index contributed by atoms with van der Waals surface area (Å²) >= 11 is 2.27. The van der Waals surface area contributed by atoms with Gasteiger partial charge in [0.2, 0.25) is 0 Å². The van der Waals surface area contributed by atoms with Crippen LogP contribution in [0.2, 0.25) is 0 Å². The van der Waals surface area contributed by atoms with Gasteiger partial charge in [-0.05, 0) is 13.7 Å². The first-order chi connectivity index (χ1) is 5.44. The van der Waals surface area contributed by atoms with Crippen molar-refractivity contribution in [2.24, 2.45) is 0 Å². The van der Waals surface area contributed by atoms with Gasteiger partial charge < -0.3 is 5.11 Å². The highest BCUT2D eigenvalue weighted by molar-refractivity contribution is 9.10. The summed E-state index contributed by atoms with van der Waals surface area (Å²) in [5.74, 6) is -1.92. The number of hydrogen-bond donors (Lipinski definition) is 1. The lowest BCUT2D eigenvalue weighted by molar-refractivity contribution is -0.138. The average molecular weight is 173 g/mol. The second kappa shape index (κ2) is 1.82. The van der Waals surface area contributed by atoms with Crippen LogP contribution in [-0.4, -0.2) is 15.4 Å². The Morgan fingerprint density at radius 3 is 2.43 bits per heavy atom. The van der Waals surface area contributed by atoms with E-state index in [2.05, 4.69) is 15.9 Å². The largest absolute Gasteiger partial charge is 0.480 e. The van der Waals surface area contributed by atoms with E-state index in [0.29, 0.717) is 0 Å². The third-order valence-corrected chi connectivity index (χ3v) is 0.634. The van der Waals surface area contributed by atoms with Crippen LogP contribution < -0.4 is 0 Å². The topological polar surface area (TPSA) is 37.3 Å². The molecule has 0 saturated carbocycles. The zero-order valence-corrected chi connectivity index (χ0v) is 4.82. The van der Waals surface area contributed by atoms with Crippen molar-refractivity contribution in [3.63, 3.8) is 0 Å². The lowest BCUT2D eigenvalue weighted by atomic mass is 10.2. The minimum atomic E-state index is -3.13. The van der Waals surface area contributed by atoms with Crippen molar-refractivity contribution in [1.29, 1.82) is 0 Å². The molecule has 0 aromatic rings. The monoisotopic (exact) mass is 172 g/mol. The smallest absolute Gasteiger partial charge is 0.319 e. The molecule has 7 heavy (non-hydrogen) atoms. The van der Waals surface area contributed by atoms with Gasteiger partial charge in [-0.1, -0.05) is 15.9 Å². The number of carbonyl (C=O) groups is 1. The van der Waals surface area contributed by atoms with Crippen LogP contribution in [0, 0.1) is 0 Å². The number of rotatable bonds is 1. The second-order valence-electron chi connectivity index (χ2n) is 0.964. The van der Waals surface area contributed by atoms with Gasteiger partial charge in [0.15, 0.2) is 0 Å². The molecule has 0 rings (SSSR count). The molecule has 0 aliphatic rings. The Hall–Kier alpha value is -0.0500. The fourth-order valence-electron chi connectivity index (χ4n) is 0. The maximum Gasteiger partial charge on any atom is 0.319 e. The standard InChI is InChI=1S/C4H7BrO2/c1-4(2,5)3(6)7/h1-2H3,(H,6,7)/i1D3,2D3. The highest BCUT2D eigenvalue weighted by Gasteiger charge is 2.21. The van der Waals surface area contributed by atoms with E-state index < -0.39 is 24.0 Å². The molecule has 0 bridgehead atoms. The predicted octanol–water partition coefficient (Wildman–Crippen LogP) is 1.24. The summed E-state index contributed by atoms with van der Waals surface area (Å²) in [6.07, 6.45) is 0. The van der Waals surface area contributed by atoms with Crippen molar-refractivity contribution < 1.29 is 18.1 Å². The van der Waals surface area contributed by atoms with Gasteiger partial charge in [-0.15, -0.1) is 0 Å². The molecular formula is C4H7BrO2. The van der Waals surface area contributed by atoms with Crippen molar-refractivity contribution in [2.45, 2.75) is 18.0 Å². The van der Waals surface area contributed by atoms with Crippen molar-refractivity contribution in [3.05, 3.63) is 0 Å². The molecule has 0 aromatic heterocycles. The highest BCUT2D eigenvalue weighted by atomic mass is 79.9. The van der Waals surface area contributed by atoms with Gasteiger partial charge in [-0.2, -0.15) is 0 Å². The number of carboxylic acid groups (broad SMARTS) is 1. The Bertz CT molecular complexity index is 204. The molecule has 0 saturated heterocycles. The summed E-state index contributed by atoms with van der Waals surface area (Å²) in [4.78, 5) is 10.5. The number of halogens is 1. The zero-order chi connectivity index (χ0) is 11.1. The zero-order valence-electron chi connectivity index (χ0n) is 9.23. The highest BCUT2D eigenvalue weighted by Crippen LogP contribution is 2.14. The van der Waals surface area contributed by atoms with Crippen LogP contribution in [0.3, 0.4) is 0 Å². The number of alkyl halides is 1. The Balaban J connectivity index is 5.35. The van der Waals surface area contributed by atoms with Gasteiger partial charge in [0.05, 0.1) is 0 Å². The Morgan fingerprint density at radius 2 is 2.43 bits per heavy atom. The molecule has 0 aliphatic carbocycles. The van der Waals surface area contributed by atoms with Crippen LogP contribution >= 0.6 is 15.9 Å². The van der Waals surface area contributed by atoms with Gasteiger partial charge in [-0.25, -0.2) is 0 Å². The van der Waals surface area contributed by atoms with Crippen LogP contribution in [0.1, 0.15) is 21.9 Å². The summed E-state index contributed by atoms with van der Waals surface area (Å²) in [7, 11) is 0. The molecule has 0 aromatic carbocycles. The van der Waals surface area contributed by atoms with Crippen molar-refractivity contribution in [2.75, 3.05) is 0 Å². The normalized spacial score (nSPS) is 27.6. The minimum Gasteiger partial charge on any atom is -0.480 e. The van der Waals surface area contributed by atoms with Crippen molar-refractivity contribution >= 4 is 21.9 Å². The van der Waals surface area contributed by atoms with Crippen LogP contribution in [-0.2, 0) is 4.79 Å². The fraction of sp³-hybridized carbons (Fsp3) is 0.750. The lowest BCUT2D eigenvalue weighted by Gasteiger charge is -2.06. The van der Waals surface area contributed by atoms with E-state index in [4.69, 9.17) is 13.3 Å². The molecular weight excluding hydrogens is 160 g/mol. The molecule has 0 aliphatic heterocycles. The van der Waals surface area contributed by atoms with E-state index in [0.717, 1.165) is 0 Å². The van der Waals surface area contributed by atoms with E-state index in [1.54, 1.807) is 0 Å². The van der Waals surface area contributed by atoms with Crippen LogP contribution in [0.25, 0.3) is 0 Å². The SMILES string of the molecule is [2H]C([2H])([2H])C(Br)(C(=O)O)C([2H])([2H])[2H]. The van der Waals surface area contributed by atoms with Crippen LogP contribution in [0.15, 0.2) is 0 Å². The molecule has 0 fully saturated rings. The molecule has 2 nitrogen and oxygen atoms in total. The van der Waals surface area contributed by atoms with Gasteiger partial charge in [0.25, 0.3) is 0 Å². The van der Waals surface area contributed by atoms with E-state index in [1.165, 1.54) is 0 Å². The third kappa shape index (κ3) is 2.62. The summed E-state index contributed by atoms with van der Waals surface area (Å²) in [5, 5.41) is 8.54. The molecule has 0 radical (unpaired) electrons. The molecule has 0 atom stereocenters. The van der Waals surface area contributed by atoms with Gasteiger partial charge in [-0.3, -0.25) is 4.79 Å². The maximum absolute atomic E-state index is 10.5. The van der Waals surface area contributed by atoms with Crippen LogP contribution in [0.5, 0.6) is 0 Å². The predicted molar refractivity (Wildman–Crippen MR) is 30.6 cm³/mol. The fourth-order valence-corrected chi connectivity index (χ4v) is 0. The number of aliphatic carboxylic acids is 1. The lowest BCUT2D eigenvalue weighted by Crippen LogP contribution is -2.22. The minimum absolute atomic E-state index is 1.92. The summed E-state index contributed by atoms with van der Waals surface area (Å²) in [6.45, 7) is -6.27. The first kappa shape index (κ1) is 1.72. The van der Waals surface area contributed by atoms with Crippen LogP contribution in [0.4, 0.5) is 0 Å². The molecule has 3 heteroatoms. The molecule has 42 valence electrons. The summed E-state index contributed by atoms with van der Waals surface area (Å²) < 4.78 is 38.0. The van der Waals surface area contributed by atoms with Gasteiger partial charge >= 0.3 is 5.97 Å². The Kier molecular flexibility index (Phi) is 0.448. The molecule has 0 amide bonds. The molecule has 0 spiro atoms. The van der Waals surface area contributed by atoms with Crippen molar-refractivity contribution in [1.82, 2.24) is 0 Å². The Morgan fingerprint density at radius 1 is 2.00 bits per heavy atom. The summed E-state index contributed by atoms with van der Waals surface area (Å²) in [5.41, 5.74) is 0. The quantitative estimate of drug-likeness (QED) is 0.605. The first-order valence-electron chi connectivity index (χ1n) is 4.37. The summed E-state index contributed by atoms with van der Waals surface area (Å²) in [6, 6.07) is 0. The van der Waals surface area contributed by atoms with Gasteiger partial charge in [0, 0.05) is 8.22 Å². The number of carboxylic acids is 1. The molecule has 0 heterocycles. The van der Waals surface area contributed by atoms with E-state index in [1.807, 2.05) is 0 Å². The van der Waals surface area contributed by atoms with E-state index in [9.17, 15) is 4.79 Å². The molecule has 1 N–H and O–H groups in total.